The average molecular weight is 318 g/mol. The summed E-state index contributed by atoms with van der Waals surface area (Å²) in [4.78, 5) is 21.5. The minimum atomic E-state index is 0.771. The number of hydrogen-bond acceptors (Lipinski definition) is 7. The SMILES string of the molecule is Cc1cc(N2CCN(c3ncc(C)s3)CC2)nc(N(C)C)n1. The van der Waals surface area contributed by atoms with Crippen molar-refractivity contribution in [2.45, 2.75) is 13.8 Å². The van der Waals surface area contributed by atoms with Crippen LogP contribution >= 0.6 is 11.3 Å². The van der Waals surface area contributed by atoms with Gasteiger partial charge in [0, 0.05) is 63.1 Å². The molecule has 2 aromatic heterocycles. The predicted molar refractivity (Wildman–Crippen MR) is 92.4 cm³/mol. The Morgan fingerprint density at radius 2 is 1.73 bits per heavy atom. The monoisotopic (exact) mass is 318 g/mol. The second-order valence-corrected chi connectivity index (χ2v) is 7.00. The van der Waals surface area contributed by atoms with Crippen LogP contribution < -0.4 is 14.7 Å². The summed E-state index contributed by atoms with van der Waals surface area (Å²) in [6.45, 7) is 8.00. The molecule has 3 heterocycles. The molecule has 0 amide bonds. The van der Waals surface area contributed by atoms with E-state index in [2.05, 4.69) is 37.7 Å². The minimum absolute atomic E-state index is 0.771. The molecule has 118 valence electrons. The Labute approximate surface area is 135 Å². The number of aryl methyl sites for hydroxylation is 2. The van der Waals surface area contributed by atoms with Crippen LogP contribution in [0.5, 0.6) is 0 Å². The highest BCUT2D eigenvalue weighted by molar-refractivity contribution is 7.15. The Bertz CT molecular complexity index is 645. The number of anilines is 3. The fourth-order valence-electron chi connectivity index (χ4n) is 2.51. The standard InChI is InChI=1S/C15H22N6S/c1-11-9-13(18-14(17-11)19(3)4)20-5-7-21(8-6-20)15-16-10-12(2)22-15/h9-10H,5-8H2,1-4H3. The van der Waals surface area contributed by atoms with Gasteiger partial charge in [0.05, 0.1) is 0 Å². The van der Waals surface area contributed by atoms with Crippen LogP contribution in [0.3, 0.4) is 0 Å². The zero-order valence-corrected chi connectivity index (χ0v) is 14.4. The summed E-state index contributed by atoms with van der Waals surface area (Å²) < 4.78 is 0. The summed E-state index contributed by atoms with van der Waals surface area (Å²) in [6, 6.07) is 2.07. The highest BCUT2D eigenvalue weighted by atomic mass is 32.1. The first kappa shape index (κ1) is 15.0. The molecule has 0 aliphatic carbocycles. The van der Waals surface area contributed by atoms with E-state index in [-0.39, 0.29) is 0 Å². The van der Waals surface area contributed by atoms with Crippen LogP contribution in [0.1, 0.15) is 10.6 Å². The van der Waals surface area contributed by atoms with E-state index >= 15 is 0 Å². The van der Waals surface area contributed by atoms with Crippen molar-refractivity contribution in [3.05, 3.63) is 22.8 Å². The molecule has 6 nitrogen and oxygen atoms in total. The Balaban J connectivity index is 1.71. The number of rotatable bonds is 3. The molecule has 0 aromatic carbocycles. The molecule has 0 unspecified atom stereocenters. The van der Waals surface area contributed by atoms with E-state index in [0.29, 0.717) is 0 Å². The lowest BCUT2D eigenvalue weighted by atomic mass is 10.3. The Morgan fingerprint density at radius 1 is 1.05 bits per heavy atom. The molecular formula is C15H22N6S. The van der Waals surface area contributed by atoms with Gasteiger partial charge >= 0.3 is 0 Å². The van der Waals surface area contributed by atoms with E-state index in [1.807, 2.05) is 32.1 Å². The van der Waals surface area contributed by atoms with E-state index in [1.165, 1.54) is 4.88 Å². The first-order valence-electron chi connectivity index (χ1n) is 7.48. The molecule has 1 saturated heterocycles. The third kappa shape index (κ3) is 3.14. The second kappa shape index (κ2) is 6.08. The Hall–Kier alpha value is -1.89. The third-order valence-electron chi connectivity index (χ3n) is 3.71. The predicted octanol–water partition coefficient (Wildman–Crippen LogP) is 1.94. The Morgan fingerprint density at radius 3 is 2.32 bits per heavy atom. The van der Waals surface area contributed by atoms with Gasteiger partial charge in [-0.1, -0.05) is 0 Å². The van der Waals surface area contributed by atoms with Crippen molar-refractivity contribution in [1.29, 1.82) is 0 Å². The maximum absolute atomic E-state index is 4.67. The number of piperazine rings is 1. The lowest BCUT2D eigenvalue weighted by molar-refractivity contribution is 0.645. The molecule has 0 saturated carbocycles. The molecule has 3 rings (SSSR count). The topological polar surface area (TPSA) is 48.4 Å². The van der Waals surface area contributed by atoms with Gasteiger partial charge in [0.2, 0.25) is 5.95 Å². The molecule has 0 atom stereocenters. The van der Waals surface area contributed by atoms with Crippen LogP contribution in [0.15, 0.2) is 12.3 Å². The van der Waals surface area contributed by atoms with Crippen molar-refractivity contribution in [1.82, 2.24) is 15.0 Å². The summed E-state index contributed by atoms with van der Waals surface area (Å²) >= 11 is 1.76. The molecule has 1 aliphatic heterocycles. The Kier molecular flexibility index (Phi) is 4.15. The lowest BCUT2D eigenvalue weighted by Crippen LogP contribution is -2.47. The van der Waals surface area contributed by atoms with Crippen LogP contribution in [-0.4, -0.2) is 55.2 Å². The summed E-state index contributed by atoms with van der Waals surface area (Å²) in [6.07, 6.45) is 1.95. The summed E-state index contributed by atoms with van der Waals surface area (Å²) in [5.41, 5.74) is 1.01. The third-order valence-corrected chi connectivity index (χ3v) is 4.69. The highest BCUT2D eigenvalue weighted by Crippen LogP contribution is 2.24. The number of nitrogens with zero attached hydrogens (tertiary/aromatic N) is 6. The van der Waals surface area contributed by atoms with Crippen molar-refractivity contribution < 1.29 is 0 Å². The zero-order valence-electron chi connectivity index (χ0n) is 13.6. The molecule has 2 aromatic rings. The smallest absolute Gasteiger partial charge is 0.226 e. The zero-order chi connectivity index (χ0) is 15.7. The van der Waals surface area contributed by atoms with Crippen molar-refractivity contribution in [3.8, 4) is 0 Å². The van der Waals surface area contributed by atoms with E-state index in [4.69, 9.17) is 0 Å². The largest absolute Gasteiger partial charge is 0.353 e. The average Bonchev–Trinajstić information content (AvgIpc) is 2.93. The van der Waals surface area contributed by atoms with Crippen LogP contribution in [0.25, 0.3) is 0 Å². The first-order chi connectivity index (χ1) is 10.5. The van der Waals surface area contributed by atoms with Gasteiger partial charge in [-0.15, -0.1) is 11.3 Å². The summed E-state index contributed by atoms with van der Waals surface area (Å²) in [5, 5.41) is 1.13. The van der Waals surface area contributed by atoms with Crippen LogP contribution in [0, 0.1) is 13.8 Å². The van der Waals surface area contributed by atoms with Crippen LogP contribution in [-0.2, 0) is 0 Å². The molecule has 1 fully saturated rings. The lowest BCUT2D eigenvalue weighted by Gasteiger charge is -2.35. The molecule has 0 spiro atoms. The number of aromatic nitrogens is 3. The van der Waals surface area contributed by atoms with Gasteiger partial charge < -0.3 is 14.7 Å². The van der Waals surface area contributed by atoms with Crippen LogP contribution in [0.4, 0.5) is 16.9 Å². The fourth-order valence-corrected chi connectivity index (χ4v) is 3.32. The van der Waals surface area contributed by atoms with Crippen LogP contribution in [0.2, 0.25) is 0 Å². The molecule has 1 aliphatic rings. The maximum Gasteiger partial charge on any atom is 0.226 e. The van der Waals surface area contributed by atoms with Gasteiger partial charge in [-0.3, -0.25) is 0 Å². The normalized spacial score (nSPS) is 15.3. The fraction of sp³-hybridized carbons (Fsp3) is 0.533. The van der Waals surface area contributed by atoms with Crippen molar-refractivity contribution >= 4 is 28.2 Å². The second-order valence-electron chi connectivity index (χ2n) is 5.79. The molecule has 0 N–H and O–H groups in total. The van der Waals surface area contributed by atoms with Gasteiger partial charge in [-0.25, -0.2) is 9.97 Å². The molecule has 7 heteroatoms. The molecular weight excluding hydrogens is 296 g/mol. The summed E-state index contributed by atoms with van der Waals surface area (Å²) in [5.74, 6) is 1.79. The van der Waals surface area contributed by atoms with E-state index in [0.717, 1.165) is 48.8 Å². The highest BCUT2D eigenvalue weighted by Gasteiger charge is 2.21. The van der Waals surface area contributed by atoms with Gasteiger partial charge in [0.1, 0.15) is 5.82 Å². The number of thiazole rings is 1. The van der Waals surface area contributed by atoms with Gasteiger partial charge in [0.25, 0.3) is 0 Å². The maximum atomic E-state index is 4.67. The van der Waals surface area contributed by atoms with Crippen molar-refractivity contribution in [2.75, 3.05) is 55.0 Å². The van der Waals surface area contributed by atoms with Gasteiger partial charge in [-0.2, -0.15) is 4.98 Å². The van der Waals surface area contributed by atoms with E-state index in [9.17, 15) is 0 Å². The first-order valence-corrected chi connectivity index (χ1v) is 8.30. The quantitative estimate of drug-likeness (QED) is 0.862. The number of hydrogen-bond donors (Lipinski definition) is 0. The van der Waals surface area contributed by atoms with E-state index in [1.54, 1.807) is 11.3 Å². The summed E-state index contributed by atoms with van der Waals surface area (Å²) in [7, 11) is 3.95. The minimum Gasteiger partial charge on any atom is -0.353 e. The molecule has 22 heavy (non-hydrogen) atoms. The molecule has 0 radical (unpaired) electrons. The van der Waals surface area contributed by atoms with Gasteiger partial charge in [-0.05, 0) is 13.8 Å². The van der Waals surface area contributed by atoms with E-state index < -0.39 is 0 Å². The van der Waals surface area contributed by atoms with Crippen molar-refractivity contribution in [2.24, 2.45) is 0 Å². The molecule has 0 bridgehead atoms. The van der Waals surface area contributed by atoms with Gasteiger partial charge in [0.15, 0.2) is 5.13 Å². The van der Waals surface area contributed by atoms with Crippen molar-refractivity contribution in [3.63, 3.8) is 0 Å².